The lowest BCUT2D eigenvalue weighted by atomic mass is 9.91. The molecule has 0 saturated carbocycles. The third kappa shape index (κ3) is 3.73. The lowest BCUT2D eigenvalue weighted by Gasteiger charge is -2.31. The van der Waals surface area contributed by atoms with Crippen molar-refractivity contribution in [2.24, 2.45) is 13.0 Å². The Kier molecular flexibility index (Phi) is 4.97. The van der Waals surface area contributed by atoms with Crippen LogP contribution in [0.1, 0.15) is 24.5 Å². The normalized spacial score (nSPS) is 21.2. The molecule has 1 saturated heterocycles. The molecule has 1 fully saturated rings. The fourth-order valence-corrected chi connectivity index (χ4v) is 2.97. The number of anilines is 1. The minimum Gasteiger partial charge on any atom is -0.467 e. The van der Waals surface area contributed by atoms with Crippen LogP contribution in [0.2, 0.25) is 5.02 Å². The van der Waals surface area contributed by atoms with Gasteiger partial charge in [0.2, 0.25) is 0 Å². The predicted octanol–water partition coefficient (Wildman–Crippen LogP) is 2.45. The number of rotatable bonds is 5. The SMILES string of the molecule is COc1ncc(Cl)c(NC[C@@H]2CCCO[C@H]2c2cnn(C)c2)n1. The summed E-state index contributed by atoms with van der Waals surface area (Å²) < 4.78 is 12.8. The van der Waals surface area contributed by atoms with Crippen LogP contribution in [-0.2, 0) is 11.8 Å². The minimum atomic E-state index is 0.0347. The molecule has 1 N–H and O–H groups in total. The van der Waals surface area contributed by atoms with Gasteiger partial charge in [-0.3, -0.25) is 4.68 Å². The molecule has 0 bridgehead atoms. The van der Waals surface area contributed by atoms with Gasteiger partial charge in [-0.1, -0.05) is 11.6 Å². The fourth-order valence-electron chi connectivity index (χ4n) is 2.81. The van der Waals surface area contributed by atoms with Gasteiger partial charge in [-0.2, -0.15) is 10.1 Å². The molecular formula is C15H20ClN5O2. The molecule has 2 atom stereocenters. The lowest BCUT2D eigenvalue weighted by molar-refractivity contribution is -0.0239. The fraction of sp³-hybridized carbons (Fsp3) is 0.533. The molecule has 23 heavy (non-hydrogen) atoms. The summed E-state index contributed by atoms with van der Waals surface area (Å²) in [5.41, 5.74) is 1.10. The summed E-state index contributed by atoms with van der Waals surface area (Å²) in [6.07, 6.45) is 7.56. The molecule has 3 rings (SSSR count). The largest absolute Gasteiger partial charge is 0.467 e. The summed E-state index contributed by atoms with van der Waals surface area (Å²) in [5.74, 6) is 0.902. The van der Waals surface area contributed by atoms with Gasteiger partial charge in [-0.25, -0.2) is 4.98 Å². The maximum atomic E-state index is 6.14. The number of ether oxygens (including phenoxy) is 2. The van der Waals surface area contributed by atoms with Crippen LogP contribution in [0.4, 0.5) is 5.82 Å². The van der Waals surface area contributed by atoms with E-state index in [-0.39, 0.29) is 6.10 Å². The third-order valence-corrected chi connectivity index (χ3v) is 4.21. The van der Waals surface area contributed by atoms with E-state index in [4.69, 9.17) is 21.1 Å². The van der Waals surface area contributed by atoms with Gasteiger partial charge in [0.05, 0.1) is 25.6 Å². The molecule has 1 aliphatic heterocycles. The molecular weight excluding hydrogens is 318 g/mol. The highest BCUT2D eigenvalue weighted by molar-refractivity contribution is 6.32. The van der Waals surface area contributed by atoms with E-state index in [1.54, 1.807) is 4.68 Å². The molecule has 124 valence electrons. The average molecular weight is 338 g/mol. The summed E-state index contributed by atoms with van der Waals surface area (Å²) in [6.45, 7) is 1.48. The number of methoxy groups -OCH3 is 1. The monoisotopic (exact) mass is 337 g/mol. The Labute approximate surface area is 140 Å². The second kappa shape index (κ2) is 7.14. The van der Waals surface area contributed by atoms with E-state index in [2.05, 4.69) is 20.4 Å². The Morgan fingerprint density at radius 2 is 2.35 bits per heavy atom. The van der Waals surface area contributed by atoms with Gasteiger partial charge in [0, 0.05) is 37.9 Å². The van der Waals surface area contributed by atoms with Crippen molar-refractivity contribution in [3.05, 3.63) is 29.2 Å². The highest BCUT2D eigenvalue weighted by atomic mass is 35.5. The first kappa shape index (κ1) is 16.0. The van der Waals surface area contributed by atoms with Gasteiger partial charge in [-0.05, 0) is 12.8 Å². The summed E-state index contributed by atoms with van der Waals surface area (Å²) >= 11 is 6.14. The van der Waals surface area contributed by atoms with Gasteiger partial charge in [0.15, 0.2) is 5.82 Å². The maximum Gasteiger partial charge on any atom is 0.318 e. The van der Waals surface area contributed by atoms with Crippen LogP contribution in [0.3, 0.4) is 0 Å². The topological polar surface area (TPSA) is 74.1 Å². The van der Waals surface area contributed by atoms with E-state index in [0.29, 0.717) is 29.3 Å². The highest BCUT2D eigenvalue weighted by Gasteiger charge is 2.28. The van der Waals surface area contributed by atoms with Crippen LogP contribution in [0, 0.1) is 5.92 Å². The number of nitrogens with one attached hydrogen (secondary N) is 1. The first-order valence-electron chi connectivity index (χ1n) is 7.58. The summed E-state index contributed by atoms with van der Waals surface area (Å²) in [5, 5.41) is 8.01. The minimum absolute atomic E-state index is 0.0347. The van der Waals surface area contributed by atoms with Crippen LogP contribution in [-0.4, -0.2) is 40.0 Å². The van der Waals surface area contributed by atoms with Crippen LogP contribution in [0.5, 0.6) is 6.01 Å². The third-order valence-electron chi connectivity index (χ3n) is 3.93. The molecule has 8 heteroatoms. The molecule has 0 aromatic carbocycles. The van der Waals surface area contributed by atoms with E-state index in [1.807, 2.05) is 19.4 Å². The number of nitrogens with zero attached hydrogens (tertiary/aromatic N) is 4. The first-order chi connectivity index (χ1) is 11.2. The Morgan fingerprint density at radius 3 is 3.09 bits per heavy atom. The highest BCUT2D eigenvalue weighted by Crippen LogP contribution is 2.34. The van der Waals surface area contributed by atoms with Crippen LogP contribution < -0.4 is 10.1 Å². The van der Waals surface area contributed by atoms with Crippen molar-refractivity contribution in [3.8, 4) is 6.01 Å². The van der Waals surface area contributed by atoms with Gasteiger partial charge < -0.3 is 14.8 Å². The second-order valence-corrected chi connectivity index (χ2v) is 5.98. The number of aromatic nitrogens is 4. The molecule has 0 unspecified atom stereocenters. The van der Waals surface area contributed by atoms with Crippen molar-refractivity contribution >= 4 is 17.4 Å². The molecule has 2 aromatic heterocycles. The Hall–Kier alpha value is -1.86. The van der Waals surface area contributed by atoms with Gasteiger partial charge in [0.1, 0.15) is 5.02 Å². The molecule has 0 amide bonds. The van der Waals surface area contributed by atoms with Gasteiger partial charge in [-0.15, -0.1) is 0 Å². The number of hydrogen-bond donors (Lipinski definition) is 1. The Morgan fingerprint density at radius 1 is 1.48 bits per heavy atom. The molecule has 0 aliphatic carbocycles. The summed E-state index contributed by atoms with van der Waals surface area (Å²) in [4.78, 5) is 8.22. The number of halogens is 1. The van der Waals surface area contributed by atoms with Crippen LogP contribution in [0.15, 0.2) is 18.6 Å². The summed E-state index contributed by atoms with van der Waals surface area (Å²) in [6, 6.07) is 0.292. The standard InChI is InChI=1S/C15H20ClN5O2/c1-21-9-11(7-19-21)13-10(4-3-5-23-13)6-17-14-12(16)8-18-15(20-14)22-2/h7-10,13H,3-6H2,1-2H3,(H,17,18,20)/t10-,13+/m0/s1. The summed E-state index contributed by atoms with van der Waals surface area (Å²) in [7, 11) is 3.44. The predicted molar refractivity (Wildman–Crippen MR) is 86.7 cm³/mol. The maximum absolute atomic E-state index is 6.14. The molecule has 7 nitrogen and oxygen atoms in total. The van der Waals surface area contributed by atoms with Crippen LogP contribution in [0.25, 0.3) is 0 Å². The van der Waals surface area contributed by atoms with Crippen molar-refractivity contribution in [2.75, 3.05) is 25.6 Å². The quantitative estimate of drug-likeness (QED) is 0.903. The smallest absolute Gasteiger partial charge is 0.318 e. The van der Waals surface area contributed by atoms with Crippen molar-refractivity contribution in [2.45, 2.75) is 18.9 Å². The van der Waals surface area contributed by atoms with E-state index in [9.17, 15) is 0 Å². The average Bonchev–Trinajstić information content (AvgIpc) is 3.01. The van der Waals surface area contributed by atoms with Crippen molar-refractivity contribution in [3.63, 3.8) is 0 Å². The van der Waals surface area contributed by atoms with Crippen molar-refractivity contribution < 1.29 is 9.47 Å². The Balaban J connectivity index is 1.70. The zero-order chi connectivity index (χ0) is 16.2. The van der Waals surface area contributed by atoms with Crippen molar-refractivity contribution in [1.82, 2.24) is 19.7 Å². The van der Waals surface area contributed by atoms with E-state index in [1.165, 1.54) is 13.3 Å². The van der Waals surface area contributed by atoms with Crippen LogP contribution >= 0.6 is 11.6 Å². The lowest BCUT2D eigenvalue weighted by Crippen LogP contribution is -2.28. The second-order valence-electron chi connectivity index (χ2n) is 5.58. The Bertz CT molecular complexity index is 663. The zero-order valence-corrected chi connectivity index (χ0v) is 14.0. The molecule has 3 heterocycles. The molecule has 2 aromatic rings. The molecule has 0 radical (unpaired) electrons. The van der Waals surface area contributed by atoms with Crippen molar-refractivity contribution in [1.29, 1.82) is 0 Å². The zero-order valence-electron chi connectivity index (χ0n) is 13.2. The van der Waals surface area contributed by atoms with E-state index >= 15 is 0 Å². The van der Waals surface area contributed by atoms with E-state index in [0.717, 1.165) is 25.0 Å². The number of aryl methyl sites for hydroxylation is 1. The van der Waals surface area contributed by atoms with Gasteiger partial charge in [0.25, 0.3) is 0 Å². The first-order valence-corrected chi connectivity index (χ1v) is 7.95. The number of hydrogen-bond acceptors (Lipinski definition) is 6. The molecule has 1 aliphatic rings. The van der Waals surface area contributed by atoms with Gasteiger partial charge >= 0.3 is 6.01 Å². The molecule has 0 spiro atoms. The van der Waals surface area contributed by atoms with E-state index < -0.39 is 0 Å².